The van der Waals surface area contributed by atoms with Gasteiger partial charge in [-0.1, -0.05) is 24.3 Å². The van der Waals surface area contributed by atoms with Gasteiger partial charge >= 0.3 is 0 Å². The Labute approximate surface area is 187 Å². The predicted molar refractivity (Wildman–Crippen MR) is 120 cm³/mol. The van der Waals surface area contributed by atoms with Gasteiger partial charge in [-0.2, -0.15) is 0 Å². The molecule has 0 radical (unpaired) electrons. The molecule has 0 aliphatic carbocycles. The zero-order valence-electron chi connectivity index (χ0n) is 18.1. The van der Waals surface area contributed by atoms with Gasteiger partial charge in [-0.25, -0.2) is 0 Å². The molecule has 8 nitrogen and oxygen atoms in total. The van der Waals surface area contributed by atoms with Crippen LogP contribution in [0.4, 0.5) is 5.69 Å². The van der Waals surface area contributed by atoms with E-state index in [2.05, 4.69) is 33.7 Å². The molecular formula is C24H28N4O4. The number of rotatable bonds is 5. The number of anilines is 1. The Balaban J connectivity index is 1.15. The highest BCUT2D eigenvalue weighted by atomic mass is 16.5. The van der Waals surface area contributed by atoms with Crippen molar-refractivity contribution in [1.29, 1.82) is 0 Å². The molecule has 1 atom stereocenters. The van der Waals surface area contributed by atoms with E-state index < -0.39 is 11.7 Å². The van der Waals surface area contributed by atoms with Gasteiger partial charge in [0, 0.05) is 44.8 Å². The van der Waals surface area contributed by atoms with Gasteiger partial charge in [-0.15, -0.1) is 0 Å². The summed E-state index contributed by atoms with van der Waals surface area (Å²) in [5, 5.41) is 16.1. The summed E-state index contributed by atoms with van der Waals surface area (Å²) in [6.45, 7) is 3.44. The van der Waals surface area contributed by atoms with Crippen LogP contribution in [-0.4, -0.2) is 78.2 Å². The predicted octanol–water partition coefficient (Wildman–Crippen LogP) is 0.851. The Morgan fingerprint density at radius 1 is 1.25 bits per heavy atom. The van der Waals surface area contributed by atoms with Crippen molar-refractivity contribution >= 4 is 17.5 Å². The van der Waals surface area contributed by atoms with Crippen molar-refractivity contribution in [3.63, 3.8) is 0 Å². The number of ether oxygens (including phenoxy) is 1. The van der Waals surface area contributed by atoms with E-state index in [1.807, 2.05) is 18.0 Å². The summed E-state index contributed by atoms with van der Waals surface area (Å²) in [5.41, 5.74) is 2.74. The van der Waals surface area contributed by atoms with E-state index in [4.69, 9.17) is 4.74 Å². The molecule has 2 amide bonds. The normalized spacial score (nSPS) is 20.4. The second kappa shape index (κ2) is 8.20. The Kier molecular flexibility index (Phi) is 5.36. The number of nitrogens with zero attached hydrogens (tertiary/aromatic N) is 2. The quantitative estimate of drug-likeness (QED) is 0.644. The summed E-state index contributed by atoms with van der Waals surface area (Å²) in [5.74, 6) is 0.0904. The highest BCUT2D eigenvalue weighted by Crippen LogP contribution is 2.38. The van der Waals surface area contributed by atoms with Crippen LogP contribution in [0.2, 0.25) is 0 Å². The molecule has 3 heterocycles. The number of fused-ring (bicyclic) bond motifs is 2. The lowest BCUT2D eigenvalue weighted by Gasteiger charge is -2.48. The molecular weight excluding hydrogens is 408 g/mol. The van der Waals surface area contributed by atoms with Gasteiger partial charge in [0.25, 0.3) is 11.8 Å². The Hall–Kier alpha value is -2.94. The first kappa shape index (κ1) is 20.9. The summed E-state index contributed by atoms with van der Waals surface area (Å²) < 4.78 is 5.95. The lowest BCUT2D eigenvalue weighted by atomic mass is 9.91. The first-order valence-corrected chi connectivity index (χ1v) is 11.0. The van der Waals surface area contributed by atoms with E-state index in [1.54, 1.807) is 18.2 Å². The van der Waals surface area contributed by atoms with Crippen LogP contribution in [-0.2, 0) is 17.8 Å². The molecule has 2 aromatic rings. The molecule has 8 heteroatoms. The number of hydrogen-bond donors (Lipinski definition) is 3. The molecule has 1 saturated heterocycles. The fourth-order valence-corrected chi connectivity index (χ4v) is 4.77. The number of likely N-dealkylation sites (tertiary alicyclic amines) is 1. The molecule has 0 bridgehead atoms. The van der Waals surface area contributed by atoms with E-state index in [0.29, 0.717) is 36.6 Å². The Morgan fingerprint density at radius 2 is 2.03 bits per heavy atom. The van der Waals surface area contributed by atoms with Gasteiger partial charge < -0.3 is 20.5 Å². The van der Waals surface area contributed by atoms with Crippen LogP contribution < -0.4 is 15.4 Å². The van der Waals surface area contributed by atoms with Crippen LogP contribution in [0.15, 0.2) is 42.5 Å². The summed E-state index contributed by atoms with van der Waals surface area (Å²) in [6, 6.07) is 13.4. The average molecular weight is 437 g/mol. The molecule has 3 aliphatic heterocycles. The fraction of sp³-hybridized carbons (Fsp3) is 0.417. The Morgan fingerprint density at radius 3 is 2.81 bits per heavy atom. The third-order valence-electron chi connectivity index (χ3n) is 6.44. The number of carbonyl (C=O) groups is 2. The topological polar surface area (TPSA) is 94.1 Å². The third kappa shape index (κ3) is 3.97. The second-order valence-corrected chi connectivity index (χ2v) is 9.05. The van der Waals surface area contributed by atoms with Gasteiger partial charge in [0.2, 0.25) is 5.60 Å². The molecule has 1 fully saturated rings. The number of likely N-dealkylation sites (N-methyl/N-ethyl adjacent to an activating group) is 1. The number of amides is 2. The minimum absolute atomic E-state index is 0.159. The Bertz CT molecular complexity index is 1050. The van der Waals surface area contributed by atoms with Crippen molar-refractivity contribution in [3.8, 4) is 5.75 Å². The molecule has 0 aromatic heterocycles. The molecule has 32 heavy (non-hydrogen) atoms. The van der Waals surface area contributed by atoms with Gasteiger partial charge in [-0.3, -0.25) is 19.4 Å². The first-order valence-electron chi connectivity index (χ1n) is 11.0. The van der Waals surface area contributed by atoms with Crippen molar-refractivity contribution in [2.45, 2.75) is 24.7 Å². The summed E-state index contributed by atoms with van der Waals surface area (Å²) >= 11 is 0. The maximum atomic E-state index is 12.6. The van der Waals surface area contributed by atoms with Crippen molar-refractivity contribution in [2.75, 3.05) is 45.1 Å². The van der Waals surface area contributed by atoms with Crippen LogP contribution in [0.25, 0.3) is 0 Å². The first-order chi connectivity index (χ1) is 15.4. The standard InChI is InChI=1S/C24H28N4O4/c1-27-14-24(15-27)23(31)26-20-10-17(6-7-21(20)32-24)22(30)25-11-19(29)13-28-9-8-16-4-2-3-5-18(16)12-28/h2-7,10,19,29H,8-9,11-15H2,1H3,(H,25,30)(H,26,31). The summed E-state index contributed by atoms with van der Waals surface area (Å²) in [7, 11) is 1.93. The van der Waals surface area contributed by atoms with Crippen LogP contribution in [0.5, 0.6) is 5.75 Å². The maximum Gasteiger partial charge on any atom is 0.271 e. The lowest BCUT2D eigenvalue weighted by molar-refractivity contribution is -0.147. The average Bonchev–Trinajstić information content (AvgIpc) is 2.76. The number of benzene rings is 2. The number of aliphatic hydroxyl groups excluding tert-OH is 1. The number of β-amino-alcohol motifs (C(OH)–C–C–N with tert-alkyl or cyclic N) is 1. The van der Waals surface area contributed by atoms with Crippen LogP contribution in [0.1, 0.15) is 21.5 Å². The minimum atomic E-state index is -0.829. The van der Waals surface area contributed by atoms with Crippen molar-refractivity contribution < 1.29 is 19.4 Å². The summed E-state index contributed by atoms with van der Waals surface area (Å²) in [4.78, 5) is 29.3. The SMILES string of the molecule is CN1CC2(C1)Oc1ccc(C(=O)NCC(O)CN3CCc4ccccc4C3)cc1NC2=O. The number of carbonyl (C=O) groups excluding carboxylic acids is 2. The van der Waals surface area contributed by atoms with E-state index in [9.17, 15) is 14.7 Å². The maximum absolute atomic E-state index is 12.6. The van der Waals surface area contributed by atoms with E-state index in [-0.39, 0.29) is 18.4 Å². The van der Waals surface area contributed by atoms with Gasteiger partial charge in [0.1, 0.15) is 5.75 Å². The summed E-state index contributed by atoms with van der Waals surface area (Å²) in [6.07, 6.45) is 0.302. The highest BCUT2D eigenvalue weighted by molar-refractivity contribution is 6.03. The number of hydrogen-bond acceptors (Lipinski definition) is 6. The smallest absolute Gasteiger partial charge is 0.271 e. The minimum Gasteiger partial charge on any atom is -0.472 e. The van der Waals surface area contributed by atoms with E-state index in [1.165, 1.54) is 11.1 Å². The van der Waals surface area contributed by atoms with E-state index in [0.717, 1.165) is 19.5 Å². The van der Waals surface area contributed by atoms with Crippen LogP contribution in [0, 0.1) is 0 Å². The van der Waals surface area contributed by atoms with Gasteiger partial charge in [0.05, 0.1) is 11.8 Å². The second-order valence-electron chi connectivity index (χ2n) is 9.05. The zero-order valence-corrected chi connectivity index (χ0v) is 18.1. The van der Waals surface area contributed by atoms with E-state index >= 15 is 0 Å². The molecule has 3 aliphatic rings. The van der Waals surface area contributed by atoms with Crippen LogP contribution in [0.3, 0.4) is 0 Å². The molecule has 5 rings (SSSR count). The zero-order chi connectivity index (χ0) is 22.3. The molecule has 1 unspecified atom stereocenters. The van der Waals surface area contributed by atoms with Gasteiger partial charge in [0.15, 0.2) is 0 Å². The molecule has 2 aromatic carbocycles. The largest absolute Gasteiger partial charge is 0.472 e. The third-order valence-corrected chi connectivity index (χ3v) is 6.44. The van der Waals surface area contributed by atoms with Crippen molar-refractivity contribution in [1.82, 2.24) is 15.1 Å². The fourth-order valence-electron chi connectivity index (χ4n) is 4.77. The molecule has 1 spiro atoms. The van der Waals surface area contributed by atoms with Crippen molar-refractivity contribution in [2.24, 2.45) is 0 Å². The highest BCUT2D eigenvalue weighted by Gasteiger charge is 2.52. The van der Waals surface area contributed by atoms with Gasteiger partial charge in [-0.05, 0) is 42.8 Å². The molecule has 0 saturated carbocycles. The lowest BCUT2D eigenvalue weighted by Crippen LogP contribution is -2.70. The monoisotopic (exact) mass is 436 g/mol. The number of nitrogens with one attached hydrogen (secondary N) is 2. The number of aliphatic hydroxyl groups is 1. The molecule has 168 valence electrons. The van der Waals surface area contributed by atoms with Crippen molar-refractivity contribution in [3.05, 3.63) is 59.2 Å². The van der Waals surface area contributed by atoms with Crippen LogP contribution >= 0.6 is 0 Å². The molecule has 3 N–H and O–H groups in total.